The summed E-state index contributed by atoms with van der Waals surface area (Å²) in [6.45, 7) is 10.4. The maximum atomic E-state index is 13.5. The van der Waals surface area contributed by atoms with Crippen molar-refractivity contribution in [2.24, 2.45) is 5.73 Å². The molecule has 3 N–H and O–H groups in total. The minimum Gasteiger partial charge on any atom is -0.399 e. The largest absolute Gasteiger partial charge is 0.495 e. The number of primary amides is 1. The van der Waals surface area contributed by atoms with Gasteiger partial charge < -0.3 is 15.0 Å². The van der Waals surface area contributed by atoms with Crippen molar-refractivity contribution in [3.63, 3.8) is 0 Å². The Bertz CT molecular complexity index is 1790. The number of halogens is 1. The number of fused-ring (bicyclic) bond motifs is 1. The number of hydrogen-bond acceptors (Lipinski definition) is 5. The number of nitrogens with two attached hydrogens (primary N) is 1. The molecule has 1 unspecified atom stereocenters. The molecule has 1 saturated carbocycles. The molecule has 2 fully saturated rings. The van der Waals surface area contributed by atoms with E-state index in [1.165, 1.54) is 16.4 Å². The van der Waals surface area contributed by atoms with Crippen molar-refractivity contribution in [3.8, 4) is 0 Å². The first-order chi connectivity index (χ1) is 21.2. The molecule has 1 amide bonds. The molecule has 45 heavy (non-hydrogen) atoms. The van der Waals surface area contributed by atoms with Crippen molar-refractivity contribution in [3.05, 3.63) is 94.1 Å². The number of nitrogens with zero attached hydrogens (tertiary/aromatic N) is 3. The van der Waals surface area contributed by atoms with Crippen molar-refractivity contribution >= 4 is 41.0 Å². The Morgan fingerprint density at radius 2 is 1.76 bits per heavy atom. The van der Waals surface area contributed by atoms with Crippen LogP contribution in [0.15, 0.2) is 54.7 Å². The first-order valence-corrected chi connectivity index (χ1v) is 16.2. The summed E-state index contributed by atoms with van der Waals surface area (Å²) in [5, 5.41) is 4.66. The van der Waals surface area contributed by atoms with Gasteiger partial charge in [0, 0.05) is 13.0 Å². The van der Waals surface area contributed by atoms with Crippen LogP contribution in [0, 0.1) is 12.7 Å². The van der Waals surface area contributed by atoms with E-state index in [1.54, 1.807) is 22.8 Å². The monoisotopic (exact) mass is 632 g/mol. The van der Waals surface area contributed by atoms with Crippen LogP contribution in [0.1, 0.15) is 84.8 Å². The summed E-state index contributed by atoms with van der Waals surface area (Å²) >= 11 is -2.32. The van der Waals surface area contributed by atoms with Gasteiger partial charge in [0.15, 0.2) is 0 Å². The minimum absolute atomic E-state index is 0.202. The smallest absolute Gasteiger partial charge is 0.399 e. The van der Waals surface area contributed by atoms with E-state index in [2.05, 4.69) is 11.2 Å². The van der Waals surface area contributed by atoms with Gasteiger partial charge in [-0.2, -0.15) is 5.10 Å². The van der Waals surface area contributed by atoms with Crippen LogP contribution in [0.2, 0.25) is 0 Å². The number of carbonyl (C=O) groups is 1. The Hall–Kier alpha value is -3.58. The zero-order valence-corrected chi connectivity index (χ0v) is 27.0. The Balaban J connectivity index is 1.29. The Morgan fingerprint density at radius 1 is 1.11 bits per heavy atom. The van der Waals surface area contributed by atoms with Gasteiger partial charge in [-0.25, -0.2) is 13.1 Å². The number of pyridine rings is 1. The molecule has 9 nitrogen and oxygen atoms in total. The standard InChI is InChI=1S/C33H38BFN4O5S/c1-20-16-22(8-13-26(20)34-43-32(2,3)33(4,5)44-34)14-15-39(45(41)42)29-19-38-28(18-25(29)23-9-10-23)30(31(36)40)27(37-38)17-21-6-11-24(35)12-7-21/h6-8,11-13,16,18-19,23H,9-10,14-15,17H2,1-5H3,(H2,36,40)(H,41,42). The molecule has 1 aliphatic heterocycles. The number of aromatic nitrogens is 2. The van der Waals surface area contributed by atoms with Crippen molar-refractivity contribution in [2.75, 3.05) is 10.8 Å². The summed E-state index contributed by atoms with van der Waals surface area (Å²) in [5.41, 5.74) is 11.5. The molecule has 1 atom stereocenters. The van der Waals surface area contributed by atoms with Crippen molar-refractivity contribution in [1.29, 1.82) is 0 Å². The van der Waals surface area contributed by atoms with E-state index in [4.69, 9.17) is 15.0 Å². The Morgan fingerprint density at radius 3 is 2.33 bits per heavy atom. The zero-order valence-electron chi connectivity index (χ0n) is 26.2. The molecule has 3 heterocycles. The number of rotatable bonds is 10. The third-order valence-corrected chi connectivity index (χ3v) is 10.1. The van der Waals surface area contributed by atoms with Gasteiger partial charge in [-0.15, -0.1) is 0 Å². The van der Waals surface area contributed by atoms with E-state index in [0.717, 1.165) is 40.6 Å². The lowest BCUT2D eigenvalue weighted by Gasteiger charge is -2.32. The van der Waals surface area contributed by atoms with E-state index in [1.807, 2.05) is 52.8 Å². The number of hydrogen-bond donors (Lipinski definition) is 2. The van der Waals surface area contributed by atoms with Crippen LogP contribution in [0.5, 0.6) is 0 Å². The first kappa shape index (κ1) is 31.4. The predicted octanol–water partition coefficient (Wildman–Crippen LogP) is 4.83. The number of anilines is 1. The summed E-state index contributed by atoms with van der Waals surface area (Å²) in [6.07, 6.45) is 4.39. The lowest BCUT2D eigenvalue weighted by atomic mass is 9.75. The molecule has 236 valence electrons. The van der Waals surface area contributed by atoms with Crippen LogP contribution in [0.4, 0.5) is 10.1 Å². The van der Waals surface area contributed by atoms with Gasteiger partial charge in [0.05, 0.1) is 39.9 Å². The number of aryl methyl sites for hydroxylation is 1. The fraction of sp³-hybridized carbons (Fsp3) is 0.394. The number of amides is 1. The molecule has 12 heteroatoms. The van der Waals surface area contributed by atoms with Crippen LogP contribution in [-0.2, 0) is 33.4 Å². The van der Waals surface area contributed by atoms with Crippen molar-refractivity contribution < 1.29 is 27.3 Å². The fourth-order valence-electron chi connectivity index (χ4n) is 5.90. The third-order valence-electron chi connectivity index (χ3n) is 9.30. The molecule has 6 rings (SSSR count). The minimum atomic E-state index is -2.32. The Labute approximate surface area is 265 Å². The maximum absolute atomic E-state index is 13.5. The summed E-state index contributed by atoms with van der Waals surface area (Å²) in [7, 11) is -0.467. The average molecular weight is 633 g/mol. The van der Waals surface area contributed by atoms with Gasteiger partial charge in [0.1, 0.15) is 5.82 Å². The fourth-order valence-corrected chi connectivity index (χ4v) is 6.47. The topological polar surface area (TPSA) is 119 Å². The van der Waals surface area contributed by atoms with Gasteiger partial charge in [0.25, 0.3) is 17.2 Å². The van der Waals surface area contributed by atoms with Crippen LogP contribution >= 0.6 is 0 Å². The van der Waals surface area contributed by atoms with E-state index >= 15 is 0 Å². The van der Waals surface area contributed by atoms with Crippen LogP contribution in [-0.4, -0.2) is 49.1 Å². The second kappa shape index (κ2) is 11.7. The number of benzene rings is 2. The van der Waals surface area contributed by atoms with Gasteiger partial charge in [-0.05, 0) is 100 Å². The van der Waals surface area contributed by atoms with Gasteiger partial charge in [-0.1, -0.05) is 35.9 Å². The molecular weight excluding hydrogens is 594 g/mol. The second-order valence-electron chi connectivity index (χ2n) is 13.1. The molecule has 1 saturated heterocycles. The highest BCUT2D eigenvalue weighted by molar-refractivity contribution is 7.80. The van der Waals surface area contributed by atoms with E-state index in [9.17, 15) is 17.9 Å². The molecular formula is C33H38BFN4O5S. The van der Waals surface area contributed by atoms with Gasteiger partial charge in [0.2, 0.25) is 0 Å². The van der Waals surface area contributed by atoms with E-state index < -0.39 is 35.5 Å². The average Bonchev–Trinajstić information content (AvgIpc) is 3.69. The molecule has 1 aliphatic carbocycles. The van der Waals surface area contributed by atoms with Crippen LogP contribution in [0.25, 0.3) is 5.52 Å². The van der Waals surface area contributed by atoms with Crippen molar-refractivity contribution in [2.45, 2.75) is 77.4 Å². The van der Waals surface area contributed by atoms with Crippen molar-refractivity contribution in [1.82, 2.24) is 9.61 Å². The summed E-state index contributed by atoms with van der Waals surface area (Å²) < 4.78 is 52.3. The van der Waals surface area contributed by atoms with Gasteiger partial charge >= 0.3 is 7.12 Å². The van der Waals surface area contributed by atoms with Crippen LogP contribution < -0.4 is 15.5 Å². The van der Waals surface area contributed by atoms with E-state index in [0.29, 0.717) is 28.9 Å². The van der Waals surface area contributed by atoms with Gasteiger partial charge in [-0.3, -0.25) is 13.7 Å². The highest BCUT2D eigenvalue weighted by Crippen LogP contribution is 2.45. The Kier molecular flexibility index (Phi) is 8.13. The van der Waals surface area contributed by atoms with Crippen LogP contribution in [0.3, 0.4) is 0 Å². The normalized spacial score (nSPS) is 18.0. The molecule has 0 spiro atoms. The van der Waals surface area contributed by atoms with E-state index in [-0.39, 0.29) is 24.7 Å². The lowest BCUT2D eigenvalue weighted by molar-refractivity contribution is 0.00578. The molecule has 2 aromatic heterocycles. The number of carbonyl (C=O) groups excluding carboxylic acids is 1. The molecule has 2 aromatic carbocycles. The highest BCUT2D eigenvalue weighted by Gasteiger charge is 2.52. The summed E-state index contributed by atoms with van der Waals surface area (Å²) in [4.78, 5) is 12.6. The maximum Gasteiger partial charge on any atom is 0.495 e. The molecule has 4 aromatic rings. The second-order valence-corrected chi connectivity index (χ2v) is 14.0. The lowest BCUT2D eigenvalue weighted by Crippen LogP contribution is -2.41. The SMILES string of the molecule is Cc1cc(CCN(c2cn3nc(Cc4ccc(F)cc4)c(C(N)=O)c3cc2C2CC2)S(=O)O)ccc1B1OC(C)(C)C(C)(C)O1. The molecule has 0 radical (unpaired) electrons. The summed E-state index contributed by atoms with van der Waals surface area (Å²) in [5.74, 6) is -0.761. The predicted molar refractivity (Wildman–Crippen MR) is 174 cm³/mol. The first-order valence-electron chi connectivity index (χ1n) is 15.2. The molecule has 0 bridgehead atoms. The highest BCUT2D eigenvalue weighted by atomic mass is 32.2. The quantitative estimate of drug-likeness (QED) is 0.191. The molecule has 2 aliphatic rings. The summed E-state index contributed by atoms with van der Waals surface area (Å²) in [6, 6.07) is 14.0. The zero-order chi connectivity index (χ0) is 32.3. The third kappa shape index (κ3) is 6.16.